The van der Waals surface area contributed by atoms with Crippen LogP contribution in [0.3, 0.4) is 0 Å². The number of aliphatic hydroxyl groups excluding tert-OH is 3. The zero-order valence-electron chi connectivity index (χ0n) is 32.8. The molecular weight excluding hydrogens is 710 g/mol. The Morgan fingerprint density at radius 3 is 2.47 bits per heavy atom. The predicted octanol–water partition coefficient (Wildman–Crippen LogP) is 4.39. The van der Waals surface area contributed by atoms with Crippen LogP contribution in [0.5, 0.6) is 0 Å². The summed E-state index contributed by atoms with van der Waals surface area (Å²) in [6.45, 7) is 9.65. The Morgan fingerprint density at radius 2 is 1.75 bits per heavy atom. The number of fused-ring (bicyclic) bond motifs is 2. The van der Waals surface area contributed by atoms with Gasteiger partial charge in [-0.1, -0.05) is 49.4 Å². The Balaban J connectivity index is 1.24. The van der Waals surface area contributed by atoms with E-state index >= 15 is 0 Å². The monoisotopic (exact) mass is 771 g/mol. The molecule has 5 heterocycles. The van der Waals surface area contributed by atoms with Gasteiger partial charge in [0.1, 0.15) is 35.5 Å². The molecule has 306 valence electrons. The molecule has 1 spiro atoms. The van der Waals surface area contributed by atoms with Crippen molar-refractivity contribution in [1.29, 1.82) is 0 Å². The lowest BCUT2D eigenvalue weighted by atomic mass is 9.71. The summed E-state index contributed by atoms with van der Waals surface area (Å²) in [5, 5.41) is 57.0. The summed E-state index contributed by atoms with van der Waals surface area (Å²) in [5.74, 6) is -2.34. The van der Waals surface area contributed by atoms with Gasteiger partial charge in [-0.25, -0.2) is 0 Å². The van der Waals surface area contributed by atoms with Gasteiger partial charge in [-0.3, -0.25) is 4.79 Å². The third-order valence-corrected chi connectivity index (χ3v) is 13.4. The van der Waals surface area contributed by atoms with E-state index in [9.17, 15) is 30.4 Å². The summed E-state index contributed by atoms with van der Waals surface area (Å²) in [7, 11) is 0. The normalized spacial score (nSPS) is 50.2. The SMILES string of the molecule is CC1=C[C@H]2C(=O)O[C@H]3C[C@@H](C/C=C(\C)[C@@H](O[C@H]4CC(O)[C@@H](O)[C@H](C)O4)[C@@H](C)/C=C/C=C4\CO[C@H](/C1=N\O)[C@@]42O)O[C@@]1(CC[C@H](C)[C@@H](C2CCC(O)CC2)O1)C3. The zero-order valence-corrected chi connectivity index (χ0v) is 32.8. The molecule has 2 bridgehead atoms. The number of allylic oxidation sites excluding steroid dienone is 2. The molecule has 55 heavy (non-hydrogen) atoms. The second-order valence-electron chi connectivity index (χ2n) is 17.4. The maximum absolute atomic E-state index is 14.4. The average Bonchev–Trinajstić information content (AvgIpc) is 3.48. The molecule has 13 nitrogen and oxygen atoms in total. The molecule has 7 rings (SSSR count). The summed E-state index contributed by atoms with van der Waals surface area (Å²) in [5.41, 5.74) is 0.163. The molecule has 1 saturated carbocycles. The predicted molar refractivity (Wildman–Crippen MR) is 200 cm³/mol. The van der Waals surface area contributed by atoms with Gasteiger partial charge in [0.2, 0.25) is 0 Å². The van der Waals surface area contributed by atoms with E-state index in [-0.39, 0.29) is 43.0 Å². The van der Waals surface area contributed by atoms with Crippen LogP contribution in [0.25, 0.3) is 0 Å². The summed E-state index contributed by atoms with van der Waals surface area (Å²) in [4.78, 5) is 14.4. The maximum Gasteiger partial charge on any atom is 0.316 e. The molecule has 4 saturated heterocycles. The number of oxime groups is 1. The fourth-order valence-corrected chi connectivity index (χ4v) is 10.1. The summed E-state index contributed by atoms with van der Waals surface area (Å²) < 4.78 is 39.0. The average molecular weight is 772 g/mol. The summed E-state index contributed by atoms with van der Waals surface area (Å²) in [6, 6.07) is 0. The Labute approximate surface area is 324 Å². The second kappa shape index (κ2) is 16.4. The molecule has 0 aromatic carbocycles. The standard InChI is InChI=1S/C42H61NO12/c1-22-7-6-8-28-21-50-39-35(43-49)25(4)17-32(42(28,39)48)40(47)52-31-18-30(14-9-23(2)37(22)53-34-19-33(45)36(46)26(5)51-34)54-41(20-31)16-15-24(3)38(55-41)27-10-12-29(44)13-11-27/h6-9,17,22,24,26-27,29-34,36-39,44-46,48-49H,10-16,18-21H2,1-5H3/b7-6+,23-9+,28-8+,43-35-/t22-,24-,26-,27?,29?,30+,31-,32-,33?,34-,36-,37-,38-,39+,41+,42+/m0/s1. The molecule has 7 aliphatic rings. The minimum Gasteiger partial charge on any atom is -0.462 e. The van der Waals surface area contributed by atoms with Crippen molar-refractivity contribution in [3.05, 3.63) is 47.1 Å². The van der Waals surface area contributed by atoms with E-state index in [0.717, 1.165) is 37.7 Å². The van der Waals surface area contributed by atoms with Crippen LogP contribution in [0.15, 0.2) is 52.3 Å². The van der Waals surface area contributed by atoms with Crippen molar-refractivity contribution in [2.24, 2.45) is 28.8 Å². The molecule has 5 aliphatic heterocycles. The van der Waals surface area contributed by atoms with Crippen molar-refractivity contribution in [1.82, 2.24) is 0 Å². The van der Waals surface area contributed by atoms with Crippen LogP contribution < -0.4 is 0 Å². The maximum atomic E-state index is 14.4. The number of carbonyl (C=O) groups excluding carboxylic acids is 1. The Kier molecular flexibility index (Phi) is 12.2. The number of nitrogens with zero attached hydrogens (tertiary/aromatic N) is 1. The van der Waals surface area contributed by atoms with E-state index in [0.29, 0.717) is 48.7 Å². The summed E-state index contributed by atoms with van der Waals surface area (Å²) in [6.07, 6.45) is 9.10. The highest BCUT2D eigenvalue weighted by molar-refractivity contribution is 6.06. The molecule has 0 amide bonds. The quantitative estimate of drug-likeness (QED) is 0.118. The van der Waals surface area contributed by atoms with Gasteiger partial charge in [-0.05, 0) is 87.9 Å². The Morgan fingerprint density at radius 1 is 0.982 bits per heavy atom. The highest BCUT2D eigenvalue weighted by Crippen LogP contribution is 2.48. The molecule has 5 N–H and O–H groups in total. The van der Waals surface area contributed by atoms with Crippen LogP contribution in [-0.4, -0.2) is 117 Å². The van der Waals surface area contributed by atoms with Crippen LogP contribution in [0.4, 0.5) is 0 Å². The van der Waals surface area contributed by atoms with Crippen LogP contribution in [0.1, 0.15) is 98.8 Å². The van der Waals surface area contributed by atoms with Gasteiger partial charge in [0, 0.05) is 31.6 Å². The first-order chi connectivity index (χ1) is 26.2. The lowest BCUT2D eigenvalue weighted by Gasteiger charge is -2.51. The van der Waals surface area contributed by atoms with E-state index in [2.05, 4.69) is 18.2 Å². The smallest absolute Gasteiger partial charge is 0.316 e. The van der Waals surface area contributed by atoms with Gasteiger partial charge >= 0.3 is 5.97 Å². The van der Waals surface area contributed by atoms with E-state index in [1.54, 1.807) is 32.1 Å². The van der Waals surface area contributed by atoms with Crippen LogP contribution >= 0.6 is 0 Å². The lowest BCUT2D eigenvalue weighted by molar-refractivity contribution is -0.342. The fourth-order valence-electron chi connectivity index (χ4n) is 10.1. The minimum absolute atomic E-state index is 0.00471. The molecular formula is C42H61NO12. The number of esters is 1. The fraction of sp³-hybridized carbons (Fsp3) is 0.762. The first-order valence-electron chi connectivity index (χ1n) is 20.4. The largest absolute Gasteiger partial charge is 0.462 e. The number of aliphatic hydroxyl groups is 4. The lowest BCUT2D eigenvalue weighted by Crippen LogP contribution is -2.58. The number of hydrogen-bond donors (Lipinski definition) is 5. The topological polar surface area (TPSA) is 186 Å². The zero-order chi connectivity index (χ0) is 39.2. The van der Waals surface area contributed by atoms with Crippen molar-refractivity contribution >= 4 is 11.7 Å². The van der Waals surface area contributed by atoms with E-state index < -0.39 is 66.2 Å². The second-order valence-corrected chi connectivity index (χ2v) is 17.4. The number of rotatable bonds is 3. The van der Waals surface area contributed by atoms with E-state index in [4.69, 9.17) is 28.4 Å². The van der Waals surface area contributed by atoms with Crippen molar-refractivity contribution in [2.75, 3.05) is 6.61 Å². The van der Waals surface area contributed by atoms with Gasteiger partial charge < -0.3 is 54.1 Å². The third-order valence-electron chi connectivity index (χ3n) is 13.4. The van der Waals surface area contributed by atoms with Crippen molar-refractivity contribution in [2.45, 2.75) is 171 Å². The number of hydrogen-bond acceptors (Lipinski definition) is 13. The highest BCUT2D eigenvalue weighted by atomic mass is 16.7. The van der Waals surface area contributed by atoms with Crippen molar-refractivity contribution in [3.63, 3.8) is 0 Å². The van der Waals surface area contributed by atoms with Gasteiger partial charge in [-0.15, -0.1) is 0 Å². The van der Waals surface area contributed by atoms with E-state index in [1.165, 1.54) is 0 Å². The Hall–Kier alpha value is -2.46. The molecule has 14 atom stereocenters. The first-order valence-corrected chi connectivity index (χ1v) is 20.4. The van der Waals surface area contributed by atoms with Crippen LogP contribution in [0.2, 0.25) is 0 Å². The molecule has 13 heteroatoms. The minimum atomic E-state index is -1.87. The van der Waals surface area contributed by atoms with E-state index in [1.807, 2.05) is 19.9 Å². The van der Waals surface area contributed by atoms with Crippen molar-refractivity contribution in [3.8, 4) is 0 Å². The summed E-state index contributed by atoms with van der Waals surface area (Å²) >= 11 is 0. The highest BCUT2D eigenvalue weighted by Gasteiger charge is 2.60. The van der Waals surface area contributed by atoms with Gasteiger partial charge in [0.15, 0.2) is 12.1 Å². The van der Waals surface area contributed by atoms with Crippen molar-refractivity contribution < 1.29 is 58.8 Å². The molecule has 1 unspecified atom stereocenters. The molecule has 0 aromatic heterocycles. The van der Waals surface area contributed by atoms with Gasteiger partial charge in [-0.2, -0.15) is 0 Å². The van der Waals surface area contributed by atoms with Crippen LogP contribution in [-0.2, 0) is 33.2 Å². The Bertz CT molecular complexity index is 1550. The molecule has 0 aromatic rings. The number of ether oxygens (including phenoxy) is 6. The van der Waals surface area contributed by atoms with Gasteiger partial charge in [0.05, 0.1) is 43.2 Å². The number of carbonyl (C=O) groups is 1. The molecule has 2 aliphatic carbocycles. The first kappa shape index (κ1) is 40.7. The van der Waals surface area contributed by atoms with Gasteiger partial charge in [0.25, 0.3) is 0 Å². The molecule has 5 fully saturated rings. The molecule has 0 radical (unpaired) electrons. The van der Waals surface area contributed by atoms with Crippen LogP contribution in [0, 0.1) is 23.7 Å². The third kappa shape index (κ3) is 8.16.